The SMILES string of the molecule is CCS[C@@H]1O[C@H](COC(=O)O[C@@H]2C[C@@H](C(=O)NCC(=O)NCC(=O)NC)N(C(=O)CNC(=O)[C@@H]3C[C@@H](OC(=O)OC[C@H]4O[C@H](OC)[C@@H]5O[C@@](C)(OC)[C@](C)(OC)O[C@H]5[C@H]4O)CN3C(=O)CNC(=O)OCC3c4ccccc4-c4ccccc43)C2)[C@H](OCc2ccccc2)[C@H](OCc2ccccc2)[C@H]1OCc1ccccc1. The molecular formula is C78H95N7O25S. The third-order valence-electron chi connectivity index (χ3n) is 20.3. The highest BCUT2D eigenvalue weighted by atomic mass is 32.2. The van der Waals surface area contributed by atoms with Crippen LogP contribution in [-0.4, -0.2) is 258 Å². The van der Waals surface area contributed by atoms with Crippen LogP contribution in [0, 0.1) is 0 Å². The zero-order valence-corrected chi connectivity index (χ0v) is 63.4. The number of thioether (sulfide) groups is 1. The molecule has 16 atom stereocenters. The fourth-order valence-electron chi connectivity index (χ4n) is 14.2. The van der Waals surface area contributed by atoms with Crippen LogP contribution in [0.15, 0.2) is 140 Å². The molecule has 32 nitrogen and oxygen atoms in total. The molecule has 5 fully saturated rings. The summed E-state index contributed by atoms with van der Waals surface area (Å²) < 4.78 is 90.8. The van der Waals surface area contributed by atoms with Gasteiger partial charge in [0.2, 0.25) is 47.0 Å². The van der Waals surface area contributed by atoms with Crippen LogP contribution in [-0.2, 0) is 120 Å². The summed E-state index contributed by atoms with van der Waals surface area (Å²) in [6, 6.07) is 41.1. The van der Waals surface area contributed by atoms with Crippen molar-refractivity contribution >= 4 is 65.6 Å². The number of alkyl carbamates (subject to hydrolysis) is 1. The largest absolute Gasteiger partial charge is 0.508 e. The molecule has 6 N–H and O–H groups in total. The van der Waals surface area contributed by atoms with E-state index in [4.69, 9.17) is 71.1 Å². The molecular weight excluding hydrogens is 1470 g/mol. The molecule has 598 valence electrons. The van der Waals surface area contributed by atoms with Gasteiger partial charge in [-0.25, -0.2) is 14.4 Å². The summed E-state index contributed by atoms with van der Waals surface area (Å²) in [6.45, 7) is 0.952. The van der Waals surface area contributed by atoms with Crippen LogP contribution in [0.2, 0.25) is 0 Å². The van der Waals surface area contributed by atoms with Gasteiger partial charge in [-0.2, -0.15) is 0 Å². The second-order valence-electron chi connectivity index (χ2n) is 27.3. The molecule has 0 spiro atoms. The number of carbonyl (C=O) groups is 9. The average molecular weight is 1560 g/mol. The Kier molecular flexibility index (Phi) is 28.8. The first-order valence-corrected chi connectivity index (χ1v) is 37.6. The Morgan fingerprint density at radius 3 is 1.49 bits per heavy atom. The number of aliphatic hydroxyl groups excluding tert-OH is 1. The van der Waals surface area contributed by atoms with Crippen molar-refractivity contribution in [2.45, 2.75) is 156 Å². The van der Waals surface area contributed by atoms with Crippen molar-refractivity contribution in [3.63, 3.8) is 0 Å². The Balaban J connectivity index is 0.770. The van der Waals surface area contributed by atoms with Crippen molar-refractivity contribution in [1.29, 1.82) is 0 Å². The topological polar surface area (TPSA) is 379 Å². The summed E-state index contributed by atoms with van der Waals surface area (Å²) in [4.78, 5) is 126. The van der Waals surface area contributed by atoms with E-state index in [1.54, 1.807) is 13.8 Å². The van der Waals surface area contributed by atoms with E-state index in [9.17, 15) is 48.3 Å². The van der Waals surface area contributed by atoms with Crippen molar-refractivity contribution in [3.05, 3.63) is 167 Å². The van der Waals surface area contributed by atoms with Gasteiger partial charge < -0.3 is 113 Å². The Labute approximate surface area is 645 Å². The number of nitrogens with zero attached hydrogens (tertiary/aromatic N) is 2. The first-order valence-electron chi connectivity index (χ1n) is 36.6. The van der Waals surface area contributed by atoms with Crippen molar-refractivity contribution in [2.75, 3.05) is 93.2 Å². The Morgan fingerprint density at radius 1 is 0.523 bits per heavy atom. The van der Waals surface area contributed by atoms with E-state index < -0.39 is 203 Å². The van der Waals surface area contributed by atoms with Gasteiger partial charge in [-0.3, -0.25) is 28.8 Å². The van der Waals surface area contributed by atoms with Gasteiger partial charge in [0.05, 0.1) is 52.5 Å². The molecule has 5 aromatic carbocycles. The van der Waals surface area contributed by atoms with E-state index in [1.807, 2.05) is 146 Å². The molecule has 1 aliphatic carbocycles. The fraction of sp³-hybridized carbons (Fsp3) is 0.500. The molecule has 5 aromatic rings. The highest BCUT2D eigenvalue weighted by molar-refractivity contribution is 7.99. The number of likely N-dealkylation sites (tertiary alicyclic amines) is 2. The van der Waals surface area contributed by atoms with Crippen LogP contribution in [0.4, 0.5) is 14.4 Å². The standard InChI is InChI=1S/C78H95N7O25S/c1-8-111-73-69(101-42-48-26-16-11-17-27-48)67(100-41-47-24-14-10-15-25-47)65(99-40-46-22-12-9-13-23-46)59(108-73)45-104-76(95)106-49-32-56(70(91)81-35-61(87)80-34-60(86)79-4)84(38-49)62(88)36-82-71(92)57-33-50(105-75(94)103-44-58-64(90)66-68(72(96-5)107-58)110-78(3,98-7)77(2,97-6)109-66)39-85(57)63(89)37-83-74(93)102-43-55-53-30-20-18-28-51(53)52-29-19-21-31-54(52)55/h9-31,49-50,55-59,64-69,72-73,90H,8,32-45H2,1-7H3,(H,79,86)(H,80,87)(H,81,91)(H,82,92)(H,83,93)/t49-,50-,56+,57+,58-,59-,64+,65+,66+,67+,68-,69-,72+,73+,77-,78-/m1/s1. The van der Waals surface area contributed by atoms with Gasteiger partial charge >= 0.3 is 18.4 Å². The molecule has 5 aliphatic heterocycles. The molecule has 0 bridgehead atoms. The van der Waals surface area contributed by atoms with E-state index in [0.29, 0.717) is 5.75 Å². The Morgan fingerprint density at radius 2 is 0.982 bits per heavy atom. The average Bonchev–Trinajstić information content (AvgIpc) is 1.62. The van der Waals surface area contributed by atoms with Crippen molar-refractivity contribution in [3.8, 4) is 11.1 Å². The van der Waals surface area contributed by atoms with Crippen LogP contribution in [0.25, 0.3) is 11.1 Å². The zero-order chi connectivity index (χ0) is 78.8. The minimum absolute atomic E-state index is 0.0857. The molecule has 0 saturated carbocycles. The summed E-state index contributed by atoms with van der Waals surface area (Å²) in [5, 5.41) is 23.8. The van der Waals surface area contributed by atoms with Crippen molar-refractivity contribution < 1.29 is 119 Å². The minimum atomic E-state index is -1.55. The Bertz CT molecular complexity index is 3960. The third-order valence-corrected chi connectivity index (χ3v) is 21.3. The lowest BCUT2D eigenvalue weighted by atomic mass is 9.94. The summed E-state index contributed by atoms with van der Waals surface area (Å²) in [5.41, 5.74) is 5.85. The predicted octanol–water partition coefficient (Wildman–Crippen LogP) is 4.34. The van der Waals surface area contributed by atoms with Gasteiger partial charge in [0.15, 0.2) is 6.29 Å². The number of amides is 7. The summed E-state index contributed by atoms with van der Waals surface area (Å²) in [5.74, 6) is -7.58. The maximum atomic E-state index is 14.6. The van der Waals surface area contributed by atoms with Crippen LogP contribution in [0.5, 0.6) is 0 Å². The molecule has 33 heteroatoms. The van der Waals surface area contributed by atoms with Gasteiger partial charge in [0, 0.05) is 47.1 Å². The molecule has 5 heterocycles. The highest BCUT2D eigenvalue weighted by Crippen LogP contribution is 2.46. The zero-order valence-electron chi connectivity index (χ0n) is 62.6. The van der Waals surface area contributed by atoms with E-state index in [1.165, 1.54) is 40.1 Å². The number of nitrogens with one attached hydrogen (secondary N) is 5. The maximum Gasteiger partial charge on any atom is 0.508 e. The van der Waals surface area contributed by atoms with Crippen LogP contribution in [0.1, 0.15) is 67.3 Å². The summed E-state index contributed by atoms with van der Waals surface area (Å²) in [6.07, 6.45) is -16.3. The number of methoxy groups -OCH3 is 3. The number of fused-ring (bicyclic) bond motifs is 4. The van der Waals surface area contributed by atoms with E-state index in [-0.39, 0.29) is 45.2 Å². The first kappa shape index (κ1) is 82.6. The number of aliphatic hydroxyl groups is 1. The lowest BCUT2D eigenvalue weighted by molar-refractivity contribution is -0.483. The summed E-state index contributed by atoms with van der Waals surface area (Å²) >= 11 is 1.47. The molecule has 0 radical (unpaired) electrons. The van der Waals surface area contributed by atoms with E-state index in [2.05, 4.69) is 26.6 Å². The number of carbonyl (C=O) groups excluding carboxylic acids is 9. The summed E-state index contributed by atoms with van der Waals surface area (Å²) in [7, 11) is 5.45. The van der Waals surface area contributed by atoms with Gasteiger partial charge in [0.25, 0.3) is 0 Å². The normalized spacial score (nSPS) is 27.2. The second kappa shape index (κ2) is 38.7. The van der Waals surface area contributed by atoms with Gasteiger partial charge in [-0.1, -0.05) is 146 Å². The molecule has 11 rings (SSSR count). The van der Waals surface area contributed by atoms with E-state index >= 15 is 0 Å². The van der Waals surface area contributed by atoms with Crippen molar-refractivity contribution in [2.24, 2.45) is 0 Å². The highest BCUT2D eigenvalue weighted by Gasteiger charge is 2.63. The maximum absolute atomic E-state index is 14.6. The van der Waals surface area contributed by atoms with Crippen LogP contribution >= 0.6 is 11.8 Å². The van der Waals surface area contributed by atoms with Crippen molar-refractivity contribution in [1.82, 2.24) is 36.4 Å². The lowest BCUT2D eigenvalue weighted by Crippen LogP contribution is -2.73. The third kappa shape index (κ3) is 20.5. The molecule has 7 amide bonds. The number of hydrogen-bond donors (Lipinski definition) is 6. The molecule has 6 aliphatic rings. The van der Waals surface area contributed by atoms with E-state index in [0.717, 1.165) is 48.7 Å². The second-order valence-corrected chi connectivity index (χ2v) is 28.7. The van der Waals surface area contributed by atoms with Crippen LogP contribution < -0.4 is 26.6 Å². The number of benzene rings is 5. The molecule has 111 heavy (non-hydrogen) atoms. The number of ether oxygens (including phenoxy) is 15. The lowest BCUT2D eigenvalue weighted by Gasteiger charge is -2.56. The number of hydrogen-bond acceptors (Lipinski definition) is 26. The van der Waals surface area contributed by atoms with Crippen LogP contribution in [0.3, 0.4) is 0 Å². The smallest absolute Gasteiger partial charge is 0.449 e. The molecule has 0 unspecified atom stereocenters. The monoisotopic (exact) mass is 1560 g/mol. The first-order chi connectivity index (χ1) is 53.6. The van der Waals surface area contributed by atoms with Gasteiger partial charge in [-0.05, 0) is 58.5 Å². The predicted molar refractivity (Wildman–Crippen MR) is 393 cm³/mol. The minimum Gasteiger partial charge on any atom is -0.449 e. The van der Waals surface area contributed by atoms with Gasteiger partial charge in [0.1, 0.15) is 105 Å². The number of rotatable bonds is 32. The molecule has 0 aromatic heterocycles. The molecule has 5 saturated heterocycles. The van der Waals surface area contributed by atoms with Gasteiger partial charge in [-0.15, -0.1) is 11.8 Å². The quantitative estimate of drug-likeness (QED) is 0.0257. The Hall–Kier alpha value is -9.36. The number of likely N-dealkylation sites (N-methyl/N-ethyl adjacent to an activating group) is 1. The fourth-order valence-corrected chi connectivity index (χ4v) is 15.2.